The van der Waals surface area contributed by atoms with E-state index in [9.17, 15) is 10.0 Å². The van der Waals surface area contributed by atoms with Crippen LogP contribution in [0.15, 0.2) is 48.5 Å². The highest BCUT2D eigenvalue weighted by Crippen LogP contribution is 2.35. The molecule has 0 spiro atoms. The summed E-state index contributed by atoms with van der Waals surface area (Å²) in [6.07, 6.45) is 0.736. The first-order valence-corrected chi connectivity index (χ1v) is 9.98. The lowest BCUT2D eigenvalue weighted by molar-refractivity contribution is -0.0653. The number of aromatic nitrogens is 2. The Hall–Kier alpha value is -3.03. The van der Waals surface area contributed by atoms with Crippen molar-refractivity contribution in [2.45, 2.75) is 25.4 Å². The molecule has 1 atom stereocenters. The Morgan fingerprint density at radius 2 is 1.90 bits per heavy atom. The van der Waals surface area contributed by atoms with Gasteiger partial charge in [0.1, 0.15) is 11.9 Å². The molecule has 0 aliphatic heterocycles. The quantitative estimate of drug-likeness (QED) is 0.489. The minimum atomic E-state index is -0.765. The molecule has 0 saturated carbocycles. The fourth-order valence-corrected chi connectivity index (χ4v) is 3.80. The Morgan fingerprint density at radius 3 is 2.53 bits per heavy atom. The van der Waals surface area contributed by atoms with Crippen LogP contribution in [-0.2, 0) is 17.6 Å². The number of hydrogen-bond donors (Lipinski definition) is 1. The van der Waals surface area contributed by atoms with Crippen molar-refractivity contribution in [1.82, 2.24) is 14.8 Å². The Balaban J connectivity index is 1.77. The zero-order valence-electron chi connectivity index (χ0n) is 16.7. The molecule has 156 valence electrons. The van der Waals surface area contributed by atoms with Gasteiger partial charge in [-0.15, -0.1) is 0 Å². The number of amides is 1. The van der Waals surface area contributed by atoms with Gasteiger partial charge in [-0.25, -0.2) is 9.48 Å². The molecule has 1 N–H and O–H groups in total. The second-order valence-electron chi connectivity index (χ2n) is 7.16. The maximum atomic E-state index is 11.8. The molecule has 30 heavy (non-hydrogen) atoms. The molecular formula is C22H22ClN3O4. The Kier molecular flexibility index (Phi) is 5.65. The highest BCUT2D eigenvalue weighted by atomic mass is 35.5. The van der Waals surface area contributed by atoms with Crippen molar-refractivity contribution in [3.63, 3.8) is 0 Å². The van der Waals surface area contributed by atoms with E-state index >= 15 is 0 Å². The number of benzene rings is 2. The number of hydrogen-bond acceptors (Lipinski definition) is 5. The molecule has 3 aromatic rings. The molecule has 4 rings (SSSR count). The Morgan fingerprint density at radius 1 is 1.20 bits per heavy atom. The summed E-state index contributed by atoms with van der Waals surface area (Å²) in [4.78, 5) is 11.8. The average molecular weight is 428 g/mol. The molecule has 0 radical (unpaired) electrons. The summed E-state index contributed by atoms with van der Waals surface area (Å²) < 4.78 is 12.6. The number of aryl methyl sites for hydroxylation is 1. The lowest BCUT2D eigenvalue weighted by atomic mass is 9.91. The van der Waals surface area contributed by atoms with Crippen molar-refractivity contribution in [3.05, 3.63) is 64.8 Å². The van der Waals surface area contributed by atoms with E-state index in [0.717, 1.165) is 34.0 Å². The van der Waals surface area contributed by atoms with Crippen molar-refractivity contribution in [1.29, 1.82) is 0 Å². The molecule has 1 aliphatic carbocycles. The third kappa shape index (κ3) is 3.99. The molecule has 0 saturated heterocycles. The molecule has 0 bridgehead atoms. The molecule has 8 heteroatoms. The monoisotopic (exact) mass is 427 g/mol. The van der Waals surface area contributed by atoms with Crippen molar-refractivity contribution in [3.8, 4) is 22.7 Å². The van der Waals surface area contributed by atoms with Crippen LogP contribution < -0.4 is 4.74 Å². The second kappa shape index (κ2) is 8.38. The first kappa shape index (κ1) is 20.3. The predicted octanol–water partition coefficient (Wildman–Crippen LogP) is 4.52. The summed E-state index contributed by atoms with van der Waals surface area (Å²) >= 11 is 6.09. The predicted molar refractivity (Wildman–Crippen MR) is 112 cm³/mol. The van der Waals surface area contributed by atoms with Gasteiger partial charge in [0.05, 0.1) is 24.2 Å². The van der Waals surface area contributed by atoms with Gasteiger partial charge in [0.15, 0.2) is 0 Å². The summed E-state index contributed by atoms with van der Waals surface area (Å²) in [5.41, 5.74) is 4.80. The van der Waals surface area contributed by atoms with Crippen LogP contribution in [0, 0.1) is 0 Å². The lowest BCUT2D eigenvalue weighted by Gasteiger charge is -2.23. The largest absolute Gasteiger partial charge is 0.497 e. The first-order chi connectivity index (χ1) is 14.5. The number of fused-ring (bicyclic) bond motifs is 1. The molecule has 0 fully saturated rings. The molecule has 1 aromatic heterocycles. The number of halogens is 1. The topological polar surface area (TPSA) is 76.8 Å². The van der Waals surface area contributed by atoms with Gasteiger partial charge >= 0.3 is 6.09 Å². The third-order valence-electron chi connectivity index (χ3n) is 5.17. The molecule has 1 amide bonds. The smallest absolute Gasteiger partial charge is 0.433 e. The van der Waals surface area contributed by atoms with Crippen LogP contribution in [0.1, 0.15) is 17.7 Å². The van der Waals surface area contributed by atoms with Crippen LogP contribution in [0.3, 0.4) is 0 Å². The standard InChI is InChI=1S/C22H22ClN3O4/c1-25(28)22(27)30-18-11-12-20-19(13-18)21(14-3-5-15(23)6-4-14)26(24-20)16-7-9-17(29-2)10-8-16/h3-10,18,28H,11-13H2,1-2H3. The number of nitrogens with zero attached hydrogens (tertiary/aromatic N) is 3. The van der Waals surface area contributed by atoms with E-state index < -0.39 is 6.09 Å². The van der Waals surface area contributed by atoms with Crippen LogP contribution in [-0.4, -0.2) is 46.4 Å². The number of methoxy groups -OCH3 is 1. The normalized spacial score (nSPS) is 15.4. The van der Waals surface area contributed by atoms with Crippen molar-refractivity contribution < 1.29 is 19.5 Å². The van der Waals surface area contributed by atoms with E-state index in [1.165, 1.54) is 7.05 Å². The minimum Gasteiger partial charge on any atom is -0.497 e. The first-order valence-electron chi connectivity index (χ1n) is 9.60. The average Bonchev–Trinajstić information content (AvgIpc) is 3.13. The van der Waals surface area contributed by atoms with Crippen LogP contribution in [0.5, 0.6) is 5.75 Å². The van der Waals surface area contributed by atoms with Gasteiger partial charge < -0.3 is 9.47 Å². The maximum Gasteiger partial charge on any atom is 0.433 e. The van der Waals surface area contributed by atoms with Crippen molar-refractivity contribution in [2.75, 3.05) is 14.2 Å². The molecule has 1 aliphatic rings. The van der Waals surface area contributed by atoms with E-state index in [4.69, 9.17) is 26.2 Å². The zero-order valence-corrected chi connectivity index (χ0v) is 17.5. The number of carbonyl (C=O) groups is 1. The maximum absolute atomic E-state index is 11.8. The summed E-state index contributed by atoms with van der Waals surface area (Å²) in [5.74, 6) is 0.767. The van der Waals surface area contributed by atoms with E-state index in [-0.39, 0.29) is 6.10 Å². The summed E-state index contributed by atoms with van der Waals surface area (Å²) in [6.45, 7) is 0. The molecule has 2 aromatic carbocycles. The van der Waals surface area contributed by atoms with Gasteiger partial charge in [0, 0.05) is 29.6 Å². The van der Waals surface area contributed by atoms with E-state index in [1.54, 1.807) is 7.11 Å². The van der Waals surface area contributed by atoms with Crippen LogP contribution in [0.2, 0.25) is 5.02 Å². The molecule has 1 heterocycles. The fourth-order valence-electron chi connectivity index (χ4n) is 3.67. The SMILES string of the molecule is COc1ccc(-n2nc3c(c2-c2ccc(Cl)cc2)CC(OC(=O)N(C)O)CC3)cc1. The summed E-state index contributed by atoms with van der Waals surface area (Å²) in [5, 5.41) is 15.3. The van der Waals surface area contributed by atoms with Gasteiger partial charge in [-0.3, -0.25) is 5.21 Å². The van der Waals surface area contributed by atoms with Crippen LogP contribution >= 0.6 is 11.6 Å². The number of rotatable bonds is 4. The Bertz CT molecular complexity index is 1050. The van der Waals surface area contributed by atoms with Gasteiger partial charge in [-0.2, -0.15) is 10.2 Å². The number of ether oxygens (including phenoxy) is 2. The van der Waals surface area contributed by atoms with Gasteiger partial charge in [-0.1, -0.05) is 23.7 Å². The fraction of sp³-hybridized carbons (Fsp3) is 0.273. The number of carbonyl (C=O) groups excluding carboxylic acids is 1. The van der Waals surface area contributed by atoms with E-state index in [1.807, 2.05) is 53.2 Å². The molecular weight excluding hydrogens is 406 g/mol. The highest BCUT2D eigenvalue weighted by molar-refractivity contribution is 6.30. The van der Waals surface area contributed by atoms with Crippen molar-refractivity contribution in [2.24, 2.45) is 0 Å². The van der Waals surface area contributed by atoms with Gasteiger partial charge in [-0.05, 0) is 49.2 Å². The Labute approximate surface area is 179 Å². The minimum absolute atomic E-state index is 0.334. The van der Waals surface area contributed by atoms with E-state index in [2.05, 4.69) is 0 Å². The second-order valence-corrected chi connectivity index (χ2v) is 7.60. The zero-order chi connectivity index (χ0) is 21.3. The summed E-state index contributed by atoms with van der Waals surface area (Å²) in [7, 11) is 2.88. The van der Waals surface area contributed by atoms with E-state index in [0.29, 0.717) is 29.3 Å². The van der Waals surface area contributed by atoms with Crippen LogP contribution in [0.4, 0.5) is 4.79 Å². The van der Waals surface area contributed by atoms with Crippen LogP contribution in [0.25, 0.3) is 16.9 Å². The van der Waals surface area contributed by atoms with Gasteiger partial charge in [0.2, 0.25) is 0 Å². The van der Waals surface area contributed by atoms with Gasteiger partial charge in [0.25, 0.3) is 0 Å². The molecule has 7 nitrogen and oxygen atoms in total. The summed E-state index contributed by atoms with van der Waals surface area (Å²) in [6, 6.07) is 15.3. The number of hydroxylamine groups is 2. The van der Waals surface area contributed by atoms with Crippen molar-refractivity contribution >= 4 is 17.7 Å². The highest BCUT2D eigenvalue weighted by Gasteiger charge is 2.30. The third-order valence-corrected chi connectivity index (χ3v) is 5.42. The molecule has 1 unspecified atom stereocenters. The lowest BCUT2D eigenvalue weighted by Crippen LogP contribution is -2.31.